The number of methoxy groups -OCH3 is 1. The third-order valence-electron chi connectivity index (χ3n) is 10.1. The highest BCUT2D eigenvalue weighted by molar-refractivity contribution is 6.30. The third-order valence-corrected chi connectivity index (χ3v) is 10.3. The molecule has 47 heavy (non-hydrogen) atoms. The highest BCUT2D eigenvalue weighted by Crippen LogP contribution is 2.51. The summed E-state index contributed by atoms with van der Waals surface area (Å²) in [5, 5.41) is 0.304. The molecule has 4 atom stereocenters. The minimum absolute atomic E-state index is 0.00119. The number of fused-ring (bicyclic) bond motifs is 3. The van der Waals surface area contributed by atoms with Gasteiger partial charge in [0.2, 0.25) is 0 Å². The molecular formula is C35H35ClF2N4O5. The zero-order valence-corrected chi connectivity index (χ0v) is 26.9. The van der Waals surface area contributed by atoms with Crippen molar-refractivity contribution in [2.24, 2.45) is 0 Å². The van der Waals surface area contributed by atoms with Gasteiger partial charge in [-0.2, -0.15) is 0 Å². The number of ether oxygens (including phenoxy) is 4. The van der Waals surface area contributed by atoms with E-state index in [4.69, 9.17) is 35.5 Å². The van der Waals surface area contributed by atoms with E-state index in [9.17, 15) is 9.18 Å². The Kier molecular flexibility index (Phi) is 7.53. The summed E-state index contributed by atoms with van der Waals surface area (Å²) in [5.41, 5.74) is 2.15. The molecule has 12 heteroatoms. The maximum Gasteiger partial charge on any atom is 0.338 e. The van der Waals surface area contributed by atoms with Crippen LogP contribution in [0, 0.1) is 11.6 Å². The second-order valence-corrected chi connectivity index (χ2v) is 13.3. The lowest BCUT2D eigenvalue weighted by Crippen LogP contribution is -2.64. The lowest BCUT2D eigenvalue weighted by molar-refractivity contribution is -0.0706. The van der Waals surface area contributed by atoms with Crippen LogP contribution in [0.4, 0.5) is 14.5 Å². The summed E-state index contributed by atoms with van der Waals surface area (Å²) in [6.07, 6.45) is 3.90. The van der Waals surface area contributed by atoms with E-state index in [1.165, 1.54) is 19.2 Å². The lowest BCUT2D eigenvalue weighted by Gasteiger charge is -2.54. The van der Waals surface area contributed by atoms with E-state index >= 15 is 4.39 Å². The van der Waals surface area contributed by atoms with Crippen LogP contribution < -0.4 is 14.4 Å². The van der Waals surface area contributed by atoms with Crippen molar-refractivity contribution in [2.45, 2.75) is 69.7 Å². The first-order valence-electron chi connectivity index (χ1n) is 16.1. The highest BCUT2D eigenvalue weighted by atomic mass is 35.5. The number of imidazole rings is 1. The Morgan fingerprint density at radius 3 is 2.66 bits per heavy atom. The molecule has 0 spiro atoms. The van der Waals surface area contributed by atoms with Gasteiger partial charge in [-0.3, -0.25) is 4.90 Å². The number of carbonyl (C=O) groups excluding carboxylic acids is 1. The van der Waals surface area contributed by atoms with Gasteiger partial charge in [0.25, 0.3) is 5.79 Å². The van der Waals surface area contributed by atoms with Gasteiger partial charge in [0.15, 0.2) is 17.3 Å². The Morgan fingerprint density at radius 1 is 1.06 bits per heavy atom. The van der Waals surface area contributed by atoms with Crippen LogP contribution in [0.5, 0.6) is 11.5 Å². The SMILES string of the molecule is COC(=O)c1cc(F)c2nc(CN3CCN(c4cccc5c4OC(C)(c4ccc(Cl)cc4F)O5)[C@@H]4CC[C@@H]43)n(C[C@@H]3CCCO3)c2c1. The molecule has 4 heterocycles. The second-order valence-electron chi connectivity index (χ2n) is 12.8. The van der Waals surface area contributed by atoms with Crippen molar-refractivity contribution in [1.29, 1.82) is 0 Å². The van der Waals surface area contributed by atoms with Crippen molar-refractivity contribution in [3.8, 4) is 11.5 Å². The van der Waals surface area contributed by atoms with Gasteiger partial charge in [0, 0.05) is 43.7 Å². The van der Waals surface area contributed by atoms with Crippen molar-refractivity contribution in [2.75, 3.05) is 31.7 Å². The van der Waals surface area contributed by atoms with E-state index in [0.29, 0.717) is 41.7 Å². The number of anilines is 1. The van der Waals surface area contributed by atoms with E-state index in [1.54, 1.807) is 25.1 Å². The maximum atomic E-state index is 15.3. The number of para-hydroxylation sites is 1. The quantitative estimate of drug-likeness (QED) is 0.209. The second kappa shape index (κ2) is 11.6. The number of halogens is 3. The molecule has 1 saturated carbocycles. The van der Waals surface area contributed by atoms with Gasteiger partial charge in [-0.15, -0.1) is 0 Å². The van der Waals surface area contributed by atoms with Crippen molar-refractivity contribution in [1.82, 2.24) is 14.5 Å². The van der Waals surface area contributed by atoms with Gasteiger partial charge in [-0.25, -0.2) is 18.6 Å². The molecule has 1 aromatic heterocycles. The molecule has 9 nitrogen and oxygen atoms in total. The fourth-order valence-electron chi connectivity index (χ4n) is 7.59. The zero-order valence-electron chi connectivity index (χ0n) is 26.2. The van der Waals surface area contributed by atoms with Gasteiger partial charge >= 0.3 is 5.97 Å². The number of carbonyl (C=O) groups is 1. The summed E-state index contributed by atoms with van der Waals surface area (Å²) in [7, 11) is 1.29. The molecule has 1 unspecified atom stereocenters. The molecule has 246 valence electrons. The molecule has 3 aliphatic heterocycles. The average molecular weight is 665 g/mol. The van der Waals surface area contributed by atoms with E-state index in [-0.39, 0.29) is 34.8 Å². The van der Waals surface area contributed by atoms with Gasteiger partial charge in [0.1, 0.15) is 17.2 Å². The molecule has 0 bridgehead atoms. The van der Waals surface area contributed by atoms with E-state index in [2.05, 4.69) is 9.80 Å². The summed E-state index contributed by atoms with van der Waals surface area (Å²) in [6, 6.07) is 13.6. The molecule has 0 amide bonds. The lowest BCUT2D eigenvalue weighted by atomic mass is 9.81. The molecule has 0 N–H and O–H groups in total. The zero-order chi connectivity index (χ0) is 32.4. The summed E-state index contributed by atoms with van der Waals surface area (Å²) in [5.74, 6) is -1.06. The minimum Gasteiger partial charge on any atom is -0.465 e. The number of esters is 1. The fourth-order valence-corrected chi connectivity index (χ4v) is 7.75. The Balaban J connectivity index is 1.06. The molecular weight excluding hydrogens is 630 g/mol. The fraction of sp³-hybridized carbons (Fsp3) is 0.429. The van der Waals surface area contributed by atoms with Gasteiger partial charge < -0.3 is 28.4 Å². The van der Waals surface area contributed by atoms with Crippen LogP contribution in [0.25, 0.3) is 11.0 Å². The number of hydrogen-bond acceptors (Lipinski definition) is 8. The first-order chi connectivity index (χ1) is 22.7. The molecule has 8 rings (SSSR count). The number of hydrogen-bond donors (Lipinski definition) is 0. The number of nitrogens with zero attached hydrogens (tertiary/aromatic N) is 4. The Bertz CT molecular complexity index is 1880. The molecule has 1 aliphatic carbocycles. The largest absolute Gasteiger partial charge is 0.465 e. The van der Waals surface area contributed by atoms with Crippen LogP contribution in [0.3, 0.4) is 0 Å². The first kappa shape index (κ1) is 30.4. The number of piperazine rings is 1. The van der Waals surface area contributed by atoms with Crippen molar-refractivity contribution < 1.29 is 32.5 Å². The normalized spacial score (nSPS) is 25.2. The summed E-state index contributed by atoms with van der Waals surface area (Å²) < 4.78 is 55.8. The van der Waals surface area contributed by atoms with Crippen molar-refractivity contribution >= 4 is 34.3 Å². The number of aromatic nitrogens is 2. The Morgan fingerprint density at radius 2 is 1.91 bits per heavy atom. The number of benzene rings is 3. The Hall–Kier alpha value is -3.93. The smallest absolute Gasteiger partial charge is 0.338 e. The Labute approximate surface area is 275 Å². The first-order valence-corrected chi connectivity index (χ1v) is 16.5. The minimum atomic E-state index is -1.33. The van der Waals surface area contributed by atoms with Crippen LogP contribution in [0.15, 0.2) is 48.5 Å². The maximum absolute atomic E-state index is 15.3. The molecule has 3 aromatic carbocycles. The molecule has 2 saturated heterocycles. The van der Waals surface area contributed by atoms with Gasteiger partial charge in [-0.05, 0) is 68.1 Å². The van der Waals surface area contributed by atoms with E-state index < -0.39 is 23.4 Å². The summed E-state index contributed by atoms with van der Waals surface area (Å²) in [4.78, 5) is 21.9. The van der Waals surface area contributed by atoms with E-state index in [0.717, 1.165) is 50.3 Å². The van der Waals surface area contributed by atoms with Crippen LogP contribution in [-0.2, 0) is 28.4 Å². The average Bonchev–Trinajstić information content (AvgIpc) is 3.75. The van der Waals surface area contributed by atoms with Crippen LogP contribution in [0.1, 0.15) is 54.4 Å². The third kappa shape index (κ3) is 5.19. The van der Waals surface area contributed by atoms with Crippen molar-refractivity contribution in [3.05, 3.63) is 82.1 Å². The number of rotatable bonds is 7. The van der Waals surface area contributed by atoms with Crippen LogP contribution >= 0.6 is 11.6 Å². The van der Waals surface area contributed by atoms with Crippen molar-refractivity contribution in [3.63, 3.8) is 0 Å². The molecule has 4 aliphatic rings. The monoisotopic (exact) mass is 664 g/mol. The summed E-state index contributed by atoms with van der Waals surface area (Å²) in [6.45, 7) is 4.95. The molecule has 0 radical (unpaired) electrons. The van der Waals surface area contributed by atoms with E-state index in [1.807, 2.05) is 22.8 Å². The van der Waals surface area contributed by atoms with Gasteiger partial charge in [0.05, 0.1) is 48.6 Å². The standard InChI is InChI=1S/C35H35ClF2N4O5/c1-35(23-9-8-21(36)17-24(23)37)46-30-7-3-6-28(33(30)47-35)41-13-12-40(26-10-11-27(26)41)19-31-39-32-25(38)15-20(34(43)44-2)16-29(32)42(31)18-22-5-4-14-45-22/h3,6-9,15-17,22,26-27H,4-5,10-14,18-19H2,1-2H3/t22-,26-,27+,35?/m0/s1. The predicted molar refractivity (Wildman–Crippen MR) is 171 cm³/mol. The van der Waals surface area contributed by atoms with Crippen LogP contribution in [0.2, 0.25) is 5.02 Å². The highest BCUT2D eigenvalue weighted by Gasteiger charge is 2.47. The predicted octanol–water partition coefficient (Wildman–Crippen LogP) is 6.43. The van der Waals surface area contributed by atoms with Crippen LogP contribution in [-0.4, -0.2) is 65.4 Å². The molecule has 3 fully saturated rings. The van der Waals surface area contributed by atoms with Gasteiger partial charge in [-0.1, -0.05) is 17.7 Å². The molecule has 4 aromatic rings. The topological polar surface area (TPSA) is 78.3 Å². The summed E-state index contributed by atoms with van der Waals surface area (Å²) >= 11 is 6.00.